The Morgan fingerprint density at radius 3 is 2.71 bits per heavy atom. The van der Waals surface area contributed by atoms with E-state index >= 15 is 0 Å². The first-order chi connectivity index (χ1) is 10.3. The number of para-hydroxylation sites is 1. The molecule has 21 heavy (non-hydrogen) atoms. The van der Waals surface area contributed by atoms with Gasteiger partial charge in [-0.25, -0.2) is 0 Å². The minimum atomic E-state index is 0.349. The van der Waals surface area contributed by atoms with Gasteiger partial charge in [-0.15, -0.1) is 0 Å². The van der Waals surface area contributed by atoms with Crippen molar-refractivity contribution in [1.82, 2.24) is 10.3 Å². The molecule has 0 spiro atoms. The Kier molecular flexibility index (Phi) is 4.20. The number of pyridine rings is 1. The molecule has 1 aliphatic rings. The van der Waals surface area contributed by atoms with Gasteiger partial charge in [-0.05, 0) is 48.9 Å². The highest BCUT2D eigenvalue weighted by molar-refractivity contribution is 5.37. The third-order valence-corrected chi connectivity index (χ3v) is 4.39. The van der Waals surface area contributed by atoms with Crippen LogP contribution in [0.1, 0.15) is 42.9 Å². The zero-order chi connectivity index (χ0) is 14.7. The molecule has 1 N–H and O–H groups in total. The third-order valence-electron chi connectivity index (χ3n) is 4.39. The van der Waals surface area contributed by atoms with Gasteiger partial charge >= 0.3 is 0 Å². The summed E-state index contributed by atoms with van der Waals surface area (Å²) in [5, 5.41) is 3.69. The van der Waals surface area contributed by atoms with Crippen LogP contribution in [0.25, 0.3) is 0 Å². The molecule has 1 saturated carbocycles. The second-order valence-corrected chi connectivity index (χ2v) is 5.78. The summed E-state index contributed by atoms with van der Waals surface area (Å²) in [5.41, 5.74) is 2.59. The second kappa shape index (κ2) is 6.27. The van der Waals surface area contributed by atoms with E-state index < -0.39 is 0 Å². The van der Waals surface area contributed by atoms with Crippen LogP contribution < -0.4 is 10.1 Å². The number of rotatable bonds is 5. The average molecular weight is 282 g/mol. The van der Waals surface area contributed by atoms with E-state index in [2.05, 4.69) is 35.4 Å². The Morgan fingerprint density at radius 1 is 1.19 bits per heavy atom. The predicted octanol–water partition coefficient (Wildman–Crippen LogP) is 3.69. The molecule has 1 aromatic heterocycles. The van der Waals surface area contributed by atoms with Gasteiger partial charge in [0.1, 0.15) is 5.75 Å². The summed E-state index contributed by atoms with van der Waals surface area (Å²) in [6.07, 6.45) is 6.10. The summed E-state index contributed by atoms with van der Waals surface area (Å²) in [7, 11) is 1.75. The maximum absolute atomic E-state index is 5.46. The van der Waals surface area contributed by atoms with Crippen molar-refractivity contribution >= 4 is 0 Å². The standard InChI is InChI=1S/C18H22N2O/c1-13(14-6-5-9-19-12-14)20-16-10-15(11-16)17-7-3-4-8-18(17)21-2/h3-9,12-13,15-16,20H,10-11H2,1-2H3/t13-,15?,16?/m0/s1. The Balaban J connectivity index is 1.56. The molecular formula is C18H22N2O. The molecular weight excluding hydrogens is 260 g/mol. The molecule has 2 aromatic rings. The monoisotopic (exact) mass is 282 g/mol. The lowest BCUT2D eigenvalue weighted by atomic mass is 9.75. The smallest absolute Gasteiger partial charge is 0.122 e. The largest absolute Gasteiger partial charge is 0.496 e. The van der Waals surface area contributed by atoms with Gasteiger partial charge in [-0.2, -0.15) is 0 Å². The van der Waals surface area contributed by atoms with Crippen molar-refractivity contribution in [2.24, 2.45) is 0 Å². The van der Waals surface area contributed by atoms with Crippen LogP contribution in [-0.2, 0) is 0 Å². The molecule has 1 atom stereocenters. The van der Waals surface area contributed by atoms with Crippen molar-refractivity contribution in [1.29, 1.82) is 0 Å². The number of hydrogen-bond donors (Lipinski definition) is 1. The van der Waals surface area contributed by atoms with Crippen LogP contribution in [0.5, 0.6) is 5.75 Å². The quantitative estimate of drug-likeness (QED) is 0.908. The number of benzene rings is 1. The molecule has 3 heteroatoms. The van der Waals surface area contributed by atoms with Gasteiger partial charge in [0.25, 0.3) is 0 Å². The Hall–Kier alpha value is -1.87. The van der Waals surface area contributed by atoms with Gasteiger partial charge in [-0.3, -0.25) is 4.98 Å². The van der Waals surface area contributed by atoms with Crippen LogP contribution >= 0.6 is 0 Å². The SMILES string of the molecule is COc1ccccc1C1CC(N[C@@H](C)c2cccnc2)C1. The molecule has 1 heterocycles. The fraction of sp³-hybridized carbons (Fsp3) is 0.389. The molecule has 3 nitrogen and oxygen atoms in total. The van der Waals surface area contributed by atoms with Crippen molar-refractivity contribution in [3.63, 3.8) is 0 Å². The van der Waals surface area contributed by atoms with Crippen molar-refractivity contribution in [3.05, 3.63) is 59.9 Å². The van der Waals surface area contributed by atoms with Crippen molar-refractivity contribution < 1.29 is 4.74 Å². The fourth-order valence-electron chi connectivity index (χ4n) is 3.09. The summed E-state index contributed by atoms with van der Waals surface area (Å²) in [6.45, 7) is 2.20. The number of aromatic nitrogens is 1. The number of ether oxygens (including phenoxy) is 1. The van der Waals surface area contributed by atoms with Crippen molar-refractivity contribution in [2.45, 2.75) is 37.8 Å². The molecule has 0 amide bonds. The summed E-state index contributed by atoms with van der Waals surface area (Å²) < 4.78 is 5.46. The highest BCUT2D eigenvalue weighted by atomic mass is 16.5. The van der Waals surface area contributed by atoms with E-state index in [0.717, 1.165) is 5.75 Å². The summed E-state index contributed by atoms with van der Waals surface area (Å²) in [5.74, 6) is 1.63. The van der Waals surface area contributed by atoms with Gasteiger partial charge in [0.05, 0.1) is 7.11 Å². The maximum Gasteiger partial charge on any atom is 0.122 e. The topological polar surface area (TPSA) is 34.1 Å². The van der Waals surface area contributed by atoms with E-state index in [0.29, 0.717) is 18.0 Å². The van der Waals surface area contributed by atoms with Crippen LogP contribution in [0.2, 0.25) is 0 Å². The van der Waals surface area contributed by atoms with Gasteiger partial charge < -0.3 is 10.1 Å². The first kappa shape index (κ1) is 14.1. The van der Waals surface area contributed by atoms with E-state index in [-0.39, 0.29) is 0 Å². The van der Waals surface area contributed by atoms with Gasteiger partial charge in [0, 0.05) is 24.5 Å². The fourth-order valence-corrected chi connectivity index (χ4v) is 3.09. The molecule has 0 unspecified atom stereocenters. The van der Waals surface area contributed by atoms with E-state index in [1.807, 2.05) is 30.6 Å². The summed E-state index contributed by atoms with van der Waals surface area (Å²) >= 11 is 0. The first-order valence-electron chi connectivity index (χ1n) is 7.57. The lowest BCUT2D eigenvalue weighted by Crippen LogP contribution is -2.41. The van der Waals surface area contributed by atoms with Crippen molar-refractivity contribution in [2.75, 3.05) is 7.11 Å². The molecule has 0 saturated heterocycles. The molecule has 110 valence electrons. The highest BCUT2D eigenvalue weighted by Gasteiger charge is 2.32. The van der Waals surface area contributed by atoms with E-state index in [9.17, 15) is 0 Å². The van der Waals surface area contributed by atoms with Crippen LogP contribution in [-0.4, -0.2) is 18.1 Å². The lowest BCUT2D eigenvalue weighted by molar-refractivity contribution is 0.265. The normalized spacial score (nSPS) is 22.4. The molecule has 1 aromatic carbocycles. The molecule has 0 radical (unpaired) electrons. The first-order valence-corrected chi connectivity index (χ1v) is 7.57. The summed E-state index contributed by atoms with van der Waals surface area (Å²) in [4.78, 5) is 4.19. The van der Waals surface area contributed by atoms with E-state index in [4.69, 9.17) is 4.74 Å². The van der Waals surface area contributed by atoms with Crippen LogP contribution in [0.4, 0.5) is 0 Å². The molecule has 0 aliphatic heterocycles. The van der Waals surface area contributed by atoms with Gasteiger partial charge in [-0.1, -0.05) is 24.3 Å². The third kappa shape index (κ3) is 3.08. The van der Waals surface area contributed by atoms with Gasteiger partial charge in [0.15, 0.2) is 0 Å². The molecule has 3 rings (SSSR count). The van der Waals surface area contributed by atoms with E-state index in [1.165, 1.54) is 24.0 Å². The Morgan fingerprint density at radius 2 is 2.00 bits per heavy atom. The second-order valence-electron chi connectivity index (χ2n) is 5.78. The summed E-state index contributed by atoms with van der Waals surface area (Å²) in [6, 6.07) is 13.4. The zero-order valence-corrected chi connectivity index (χ0v) is 12.6. The number of methoxy groups -OCH3 is 1. The predicted molar refractivity (Wildman–Crippen MR) is 84.5 cm³/mol. The number of nitrogens with zero attached hydrogens (tertiary/aromatic N) is 1. The number of hydrogen-bond acceptors (Lipinski definition) is 3. The number of nitrogens with one attached hydrogen (secondary N) is 1. The Bertz CT molecular complexity index is 579. The molecule has 0 bridgehead atoms. The minimum Gasteiger partial charge on any atom is -0.496 e. The van der Waals surface area contributed by atoms with Crippen LogP contribution in [0.3, 0.4) is 0 Å². The highest BCUT2D eigenvalue weighted by Crippen LogP contribution is 2.41. The Labute approximate surface area is 126 Å². The molecule has 1 aliphatic carbocycles. The zero-order valence-electron chi connectivity index (χ0n) is 12.6. The van der Waals surface area contributed by atoms with Crippen LogP contribution in [0, 0.1) is 0 Å². The lowest BCUT2D eigenvalue weighted by Gasteiger charge is -2.38. The maximum atomic E-state index is 5.46. The molecule has 1 fully saturated rings. The minimum absolute atomic E-state index is 0.349. The van der Waals surface area contributed by atoms with E-state index in [1.54, 1.807) is 7.11 Å². The average Bonchev–Trinajstić information content (AvgIpc) is 2.51. The van der Waals surface area contributed by atoms with Gasteiger partial charge in [0.2, 0.25) is 0 Å². The van der Waals surface area contributed by atoms with Crippen LogP contribution in [0.15, 0.2) is 48.8 Å². The van der Waals surface area contributed by atoms with Crippen molar-refractivity contribution in [3.8, 4) is 5.75 Å².